The second-order valence-electron chi connectivity index (χ2n) is 9.29. The Morgan fingerprint density at radius 3 is 2.58 bits per heavy atom. The van der Waals surface area contributed by atoms with Crippen molar-refractivity contribution in [2.75, 3.05) is 26.2 Å². The van der Waals surface area contributed by atoms with Gasteiger partial charge < -0.3 is 10.2 Å². The predicted molar refractivity (Wildman–Crippen MR) is 128 cm³/mol. The third kappa shape index (κ3) is 5.14. The Bertz CT molecular complexity index is 877. The minimum Gasteiger partial charge on any atom is -0.338 e. The normalized spacial score (nSPS) is 20.2. The number of carbonyl (C=O) groups excluding carboxylic acids is 1. The van der Waals surface area contributed by atoms with Gasteiger partial charge in [0.05, 0.1) is 11.3 Å². The van der Waals surface area contributed by atoms with Gasteiger partial charge in [0.2, 0.25) is 0 Å². The molecule has 168 valence electrons. The van der Waals surface area contributed by atoms with E-state index in [1.165, 1.54) is 18.4 Å². The number of hydrogen-bond acceptors (Lipinski definition) is 5. The van der Waals surface area contributed by atoms with Gasteiger partial charge in [-0.15, -0.1) is 0 Å². The molecule has 0 saturated carbocycles. The van der Waals surface area contributed by atoms with Crippen LogP contribution in [0.2, 0.25) is 5.15 Å². The van der Waals surface area contributed by atoms with E-state index in [4.69, 9.17) is 11.6 Å². The van der Waals surface area contributed by atoms with Crippen molar-refractivity contribution in [3.05, 3.63) is 50.4 Å². The molecule has 0 radical (unpaired) electrons. The number of hydrogen-bond donors (Lipinski definition) is 1. The fraction of sp³-hybridized carbons (Fsp3) is 0.583. The maximum Gasteiger partial charge on any atom is 0.255 e. The van der Waals surface area contributed by atoms with Gasteiger partial charge >= 0.3 is 0 Å². The van der Waals surface area contributed by atoms with Crippen molar-refractivity contribution in [2.24, 2.45) is 0 Å². The summed E-state index contributed by atoms with van der Waals surface area (Å²) < 4.78 is 0. The molecular formula is C24H33ClN4OS. The molecule has 0 atom stereocenters. The van der Waals surface area contributed by atoms with E-state index in [0.717, 1.165) is 56.8 Å². The highest BCUT2D eigenvalue weighted by Gasteiger charge is 2.38. The van der Waals surface area contributed by atoms with Gasteiger partial charge in [-0.1, -0.05) is 11.6 Å². The molecule has 0 bridgehead atoms. The van der Waals surface area contributed by atoms with Gasteiger partial charge in [-0.2, -0.15) is 11.3 Å². The molecule has 2 aliphatic rings. The SMILES string of the molecule is Cc1cc(Cl)nc(C)c1C(=O)N1CCC(C)(N2CCC(NCc3ccsc3)CC2)CC1. The lowest BCUT2D eigenvalue weighted by Gasteiger charge is -2.49. The number of carbonyl (C=O) groups is 1. The number of thiophene rings is 1. The standard InChI is InChI=1S/C24H33ClN4OS/c1-17-14-21(25)27-18(2)22(17)23(30)28-11-7-24(3,8-12-28)29-9-4-20(5-10-29)26-15-19-6-13-31-16-19/h6,13-14,16,20,26H,4-5,7-12,15H2,1-3H3. The molecule has 4 heterocycles. The van der Waals surface area contributed by atoms with E-state index in [-0.39, 0.29) is 11.4 Å². The Morgan fingerprint density at radius 2 is 1.97 bits per heavy atom. The topological polar surface area (TPSA) is 48.5 Å². The maximum absolute atomic E-state index is 13.2. The van der Waals surface area contributed by atoms with Crippen LogP contribution in [0.25, 0.3) is 0 Å². The van der Waals surface area contributed by atoms with Crippen LogP contribution in [0.15, 0.2) is 22.9 Å². The van der Waals surface area contributed by atoms with E-state index in [2.05, 4.69) is 39.0 Å². The van der Waals surface area contributed by atoms with E-state index in [1.54, 1.807) is 17.4 Å². The van der Waals surface area contributed by atoms with Crippen LogP contribution in [0.5, 0.6) is 0 Å². The van der Waals surface area contributed by atoms with Crippen molar-refractivity contribution >= 4 is 28.8 Å². The first-order chi connectivity index (χ1) is 14.9. The highest BCUT2D eigenvalue weighted by molar-refractivity contribution is 7.07. The Kier molecular flexibility index (Phi) is 7.01. The number of nitrogens with zero attached hydrogens (tertiary/aromatic N) is 3. The van der Waals surface area contributed by atoms with Crippen LogP contribution in [-0.2, 0) is 6.54 Å². The van der Waals surface area contributed by atoms with Crippen molar-refractivity contribution in [2.45, 2.75) is 64.6 Å². The fourth-order valence-corrected chi connectivity index (χ4v) is 6.01. The summed E-state index contributed by atoms with van der Waals surface area (Å²) >= 11 is 7.81. The Labute approximate surface area is 194 Å². The molecule has 7 heteroatoms. The molecular weight excluding hydrogens is 428 g/mol. The first-order valence-electron chi connectivity index (χ1n) is 11.3. The molecule has 2 aromatic rings. The molecule has 1 N–H and O–H groups in total. The molecule has 2 aromatic heterocycles. The monoisotopic (exact) mass is 460 g/mol. The second kappa shape index (κ2) is 9.57. The Balaban J connectivity index is 1.29. The van der Waals surface area contributed by atoms with Crippen LogP contribution in [0.3, 0.4) is 0 Å². The zero-order chi connectivity index (χ0) is 22.0. The summed E-state index contributed by atoms with van der Waals surface area (Å²) in [4.78, 5) is 22.1. The van der Waals surface area contributed by atoms with Crippen molar-refractivity contribution in [1.29, 1.82) is 0 Å². The summed E-state index contributed by atoms with van der Waals surface area (Å²) in [6.45, 7) is 11.0. The Morgan fingerprint density at radius 1 is 1.26 bits per heavy atom. The molecule has 4 rings (SSSR count). The van der Waals surface area contributed by atoms with Gasteiger partial charge in [-0.3, -0.25) is 9.69 Å². The molecule has 2 saturated heterocycles. The van der Waals surface area contributed by atoms with E-state index in [1.807, 2.05) is 18.7 Å². The average Bonchev–Trinajstić information content (AvgIpc) is 3.26. The number of aryl methyl sites for hydroxylation is 2. The van der Waals surface area contributed by atoms with Crippen LogP contribution in [0.1, 0.15) is 59.8 Å². The van der Waals surface area contributed by atoms with Gasteiger partial charge in [-0.25, -0.2) is 4.98 Å². The molecule has 1 amide bonds. The number of aromatic nitrogens is 1. The third-order valence-corrected chi connectivity index (χ3v) is 8.07. The quantitative estimate of drug-likeness (QED) is 0.659. The fourth-order valence-electron chi connectivity index (χ4n) is 5.05. The van der Waals surface area contributed by atoms with Crippen molar-refractivity contribution in [3.8, 4) is 0 Å². The summed E-state index contributed by atoms with van der Waals surface area (Å²) in [5, 5.41) is 8.54. The summed E-state index contributed by atoms with van der Waals surface area (Å²) in [5.74, 6) is 0.0950. The lowest BCUT2D eigenvalue weighted by molar-refractivity contribution is 0.0153. The lowest BCUT2D eigenvalue weighted by Crippen LogP contribution is -2.57. The summed E-state index contributed by atoms with van der Waals surface area (Å²) in [7, 11) is 0. The number of halogens is 1. The van der Waals surface area contributed by atoms with Crippen LogP contribution in [0, 0.1) is 13.8 Å². The largest absolute Gasteiger partial charge is 0.338 e. The summed E-state index contributed by atoms with van der Waals surface area (Å²) in [5.41, 5.74) is 3.91. The Hall–Kier alpha value is -1.47. The van der Waals surface area contributed by atoms with E-state index in [9.17, 15) is 4.79 Å². The summed E-state index contributed by atoms with van der Waals surface area (Å²) in [6, 6.07) is 4.59. The van der Waals surface area contributed by atoms with E-state index < -0.39 is 0 Å². The van der Waals surface area contributed by atoms with Gasteiger partial charge in [0.15, 0.2) is 0 Å². The molecule has 0 aliphatic carbocycles. The number of amides is 1. The highest BCUT2D eigenvalue weighted by Crippen LogP contribution is 2.32. The van der Waals surface area contributed by atoms with E-state index >= 15 is 0 Å². The number of rotatable bonds is 5. The number of likely N-dealkylation sites (tertiary alicyclic amines) is 2. The first-order valence-corrected chi connectivity index (χ1v) is 12.6. The molecule has 0 aromatic carbocycles. The highest BCUT2D eigenvalue weighted by atomic mass is 35.5. The lowest BCUT2D eigenvalue weighted by atomic mass is 9.85. The van der Waals surface area contributed by atoms with Crippen LogP contribution in [-0.4, -0.2) is 58.5 Å². The minimum absolute atomic E-state index is 0.0950. The van der Waals surface area contributed by atoms with Crippen molar-refractivity contribution < 1.29 is 4.79 Å². The number of piperidine rings is 2. The molecule has 5 nitrogen and oxygen atoms in total. The number of pyridine rings is 1. The smallest absolute Gasteiger partial charge is 0.255 e. The van der Waals surface area contributed by atoms with Crippen LogP contribution >= 0.6 is 22.9 Å². The molecule has 31 heavy (non-hydrogen) atoms. The minimum atomic E-state index is 0.0950. The predicted octanol–water partition coefficient (Wildman–Crippen LogP) is 4.66. The summed E-state index contributed by atoms with van der Waals surface area (Å²) in [6.07, 6.45) is 4.42. The van der Waals surface area contributed by atoms with Crippen LogP contribution in [0.4, 0.5) is 0 Å². The molecule has 2 aliphatic heterocycles. The maximum atomic E-state index is 13.2. The third-order valence-electron chi connectivity index (χ3n) is 7.14. The van der Waals surface area contributed by atoms with Gasteiger partial charge in [0, 0.05) is 44.3 Å². The molecule has 0 spiro atoms. The first kappa shape index (κ1) is 22.7. The average molecular weight is 461 g/mol. The number of nitrogens with one attached hydrogen (secondary N) is 1. The second-order valence-corrected chi connectivity index (χ2v) is 10.5. The van der Waals surface area contributed by atoms with Gasteiger partial charge in [-0.05, 0) is 80.5 Å². The van der Waals surface area contributed by atoms with E-state index in [0.29, 0.717) is 16.8 Å². The van der Waals surface area contributed by atoms with Gasteiger partial charge in [0.25, 0.3) is 5.91 Å². The zero-order valence-corrected chi connectivity index (χ0v) is 20.4. The molecule has 0 unspecified atom stereocenters. The zero-order valence-electron chi connectivity index (χ0n) is 18.8. The van der Waals surface area contributed by atoms with Crippen molar-refractivity contribution in [1.82, 2.24) is 20.1 Å². The van der Waals surface area contributed by atoms with Gasteiger partial charge in [0.1, 0.15) is 5.15 Å². The van der Waals surface area contributed by atoms with Crippen LogP contribution < -0.4 is 5.32 Å². The van der Waals surface area contributed by atoms with Crippen molar-refractivity contribution in [3.63, 3.8) is 0 Å². The molecule has 2 fully saturated rings.